The molecule has 1 aromatic heterocycles. The number of ether oxygens (including phenoxy) is 2. The third-order valence-electron chi connectivity index (χ3n) is 3.85. The van der Waals surface area contributed by atoms with Crippen molar-refractivity contribution in [2.75, 3.05) is 7.11 Å². The van der Waals surface area contributed by atoms with Crippen LogP contribution in [0.15, 0.2) is 9.59 Å². The standard InChI is InChI=1S/C14H20N2O6/c1-8-7-10(21-3)22-13-11(8)12(19)15(2)14(20)16(13)6-4-5-9(17)18/h8,10H,4-7H2,1-3H3,(H,17,18). The van der Waals surface area contributed by atoms with Crippen molar-refractivity contribution in [1.82, 2.24) is 9.13 Å². The van der Waals surface area contributed by atoms with Crippen molar-refractivity contribution >= 4 is 5.97 Å². The monoisotopic (exact) mass is 312 g/mol. The first-order valence-corrected chi connectivity index (χ1v) is 7.11. The van der Waals surface area contributed by atoms with Crippen molar-refractivity contribution in [2.24, 2.45) is 7.05 Å². The number of hydrogen-bond donors (Lipinski definition) is 1. The highest BCUT2D eigenvalue weighted by Gasteiger charge is 2.32. The minimum absolute atomic E-state index is 0.0622. The van der Waals surface area contributed by atoms with E-state index in [2.05, 4.69) is 0 Å². The summed E-state index contributed by atoms with van der Waals surface area (Å²) in [6, 6.07) is 0. The molecule has 8 heteroatoms. The number of hydrogen-bond acceptors (Lipinski definition) is 5. The number of rotatable bonds is 5. The molecule has 2 rings (SSSR count). The lowest BCUT2D eigenvalue weighted by Gasteiger charge is -2.30. The third-order valence-corrected chi connectivity index (χ3v) is 3.85. The smallest absolute Gasteiger partial charge is 0.333 e. The van der Waals surface area contributed by atoms with E-state index in [9.17, 15) is 14.4 Å². The highest BCUT2D eigenvalue weighted by molar-refractivity contribution is 5.66. The van der Waals surface area contributed by atoms with Crippen molar-refractivity contribution in [1.29, 1.82) is 0 Å². The van der Waals surface area contributed by atoms with E-state index in [4.69, 9.17) is 14.6 Å². The highest BCUT2D eigenvalue weighted by atomic mass is 16.7. The van der Waals surface area contributed by atoms with Gasteiger partial charge in [0.15, 0.2) is 0 Å². The SMILES string of the molecule is COC1CC(C)c2c(n(CCCC(=O)O)c(=O)n(C)c2=O)O1. The molecule has 0 aromatic carbocycles. The van der Waals surface area contributed by atoms with E-state index >= 15 is 0 Å². The van der Waals surface area contributed by atoms with Gasteiger partial charge in [-0.3, -0.25) is 18.7 Å². The van der Waals surface area contributed by atoms with Gasteiger partial charge in [0.1, 0.15) is 0 Å². The summed E-state index contributed by atoms with van der Waals surface area (Å²) in [5.74, 6) is -0.849. The minimum Gasteiger partial charge on any atom is -0.481 e. The van der Waals surface area contributed by atoms with E-state index in [1.165, 1.54) is 18.7 Å². The first-order valence-electron chi connectivity index (χ1n) is 7.11. The largest absolute Gasteiger partial charge is 0.481 e. The van der Waals surface area contributed by atoms with E-state index in [-0.39, 0.29) is 36.7 Å². The van der Waals surface area contributed by atoms with Crippen molar-refractivity contribution in [3.05, 3.63) is 26.4 Å². The summed E-state index contributed by atoms with van der Waals surface area (Å²) < 4.78 is 13.2. The number of aliphatic carboxylic acids is 1. The minimum atomic E-state index is -0.934. The number of carbonyl (C=O) groups is 1. The van der Waals surface area contributed by atoms with Crippen molar-refractivity contribution in [3.63, 3.8) is 0 Å². The van der Waals surface area contributed by atoms with Gasteiger partial charge in [-0.1, -0.05) is 6.92 Å². The van der Waals surface area contributed by atoms with Gasteiger partial charge < -0.3 is 14.6 Å². The Bertz CT molecular complexity index is 690. The predicted octanol–water partition coefficient (Wildman–Crippen LogP) is 0.270. The second-order valence-electron chi connectivity index (χ2n) is 5.43. The fourth-order valence-corrected chi connectivity index (χ4v) is 2.63. The zero-order valence-electron chi connectivity index (χ0n) is 12.9. The van der Waals surface area contributed by atoms with Gasteiger partial charge in [-0.05, 0) is 12.3 Å². The summed E-state index contributed by atoms with van der Waals surface area (Å²) in [5.41, 5.74) is -0.458. The van der Waals surface area contributed by atoms with E-state index in [0.717, 1.165) is 4.57 Å². The molecule has 1 aliphatic rings. The molecule has 0 fully saturated rings. The maximum Gasteiger partial charge on any atom is 0.333 e. The number of fused-ring (bicyclic) bond motifs is 1. The summed E-state index contributed by atoms with van der Waals surface area (Å²) in [6.07, 6.45) is 0.203. The summed E-state index contributed by atoms with van der Waals surface area (Å²) in [7, 11) is 2.91. The van der Waals surface area contributed by atoms with Gasteiger partial charge in [0, 0.05) is 33.5 Å². The van der Waals surface area contributed by atoms with Crippen molar-refractivity contribution in [3.8, 4) is 5.88 Å². The average Bonchev–Trinajstić information content (AvgIpc) is 2.47. The Kier molecular flexibility index (Phi) is 4.70. The molecule has 0 radical (unpaired) electrons. The molecule has 0 amide bonds. The first-order chi connectivity index (χ1) is 10.4. The zero-order valence-corrected chi connectivity index (χ0v) is 12.9. The molecule has 1 aliphatic heterocycles. The van der Waals surface area contributed by atoms with E-state index in [0.29, 0.717) is 12.0 Å². The van der Waals surface area contributed by atoms with Crippen LogP contribution < -0.4 is 16.0 Å². The number of nitrogens with zero attached hydrogens (tertiary/aromatic N) is 2. The molecule has 2 heterocycles. The quantitative estimate of drug-likeness (QED) is 0.838. The maximum atomic E-state index is 12.3. The fraction of sp³-hybridized carbons (Fsp3) is 0.643. The average molecular weight is 312 g/mol. The second kappa shape index (κ2) is 6.35. The lowest BCUT2D eigenvalue weighted by Crippen LogP contribution is -2.44. The van der Waals surface area contributed by atoms with Crippen LogP contribution in [-0.4, -0.2) is 33.6 Å². The molecule has 0 saturated carbocycles. The van der Waals surface area contributed by atoms with Gasteiger partial charge in [0.25, 0.3) is 5.56 Å². The molecule has 2 unspecified atom stereocenters. The number of aromatic nitrogens is 2. The Balaban J connectivity index is 2.50. The molecule has 22 heavy (non-hydrogen) atoms. The molecule has 2 atom stereocenters. The van der Waals surface area contributed by atoms with Gasteiger partial charge >= 0.3 is 11.7 Å². The molecule has 0 spiro atoms. The highest BCUT2D eigenvalue weighted by Crippen LogP contribution is 2.33. The van der Waals surface area contributed by atoms with E-state index in [1.807, 2.05) is 6.92 Å². The maximum absolute atomic E-state index is 12.3. The molecule has 1 aromatic rings. The summed E-state index contributed by atoms with van der Waals surface area (Å²) in [5, 5.41) is 8.73. The van der Waals surface area contributed by atoms with Crippen LogP contribution >= 0.6 is 0 Å². The normalized spacial score (nSPS) is 20.3. The molecule has 1 N–H and O–H groups in total. The Morgan fingerprint density at radius 2 is 2.14 bits per heavy atom. The van der Waals surface area contributed by atoms with Crippen LogP contribution in [0.3, 0.4) is 0 Å². The van der Waals surface area contributed by atoms with Crippen LogP contribution in [0.2, 0.25) is 0 Å². The van der Waals surface area contributed by atoms with Crippen LogP contribution in [0.4, 0.5) is 0 Å². The fourth-order valence-electron chi connectivity index (χ4n) is 2.63. The lowest BCUT2D eigenvalue weighted by atomic mass is 9.97. The van der Waals surface area contributed by atoms with Gasteiger partial charge in [-0.15, -0.1) is 0 Å². The molecule has 0 aliphatic carbocycles. The van der Waals surface area contributed by atoms with Gasteiger partial charge in [-0.25, -0.2) is 4.79 Å². The molecule has 122 valence electrons. The Morgan fingerprint density at radius 3 is 2.73 bits per heavy atom. The summed E-state index contributed by atoms with van der Waals surface area (Å²) in [6.45, 7) is 2.05. The lowest BCUT2D eigenvalue weighted by molar-refractivity contribution is -0.137. The Labute approximate surface area is 126 Å². The number of carboxylic acid groups (broad SMARTS) is 1. The summed E-state index contributed by atoms with van der Waals surface area (Å²) >= 11 is 0. The van der Waals surface area contributed by atoms with Crippen LogP contribution in [0, 0.1) is 0 Å². The van der Waals surface area contributed by atoms with Crippen LogP contribution in [0.25, 0.3) is 0 Å². The Hall–Kier alpha value is -2.09. The van der Waals surface area contributed by atoms with E-state index < -0.39 is 17.9 Å². The van der Waals surface area contributed by atoms with Crippen LogP contribution in [0.1, 0.15) is 37.7 Å². The zero-order chi connectivity index (χ0) is 16.4. The van der Waals surface area contributed by atoms with Crippen LogP contribution in [0.5, 0.6) is 5.88 Å². The van der Waals surface area contributed by atoms with E-state index in [1.54, 1.807) is 0 Å². The van der Waals surface area contributed by atoms with Gasteiger partial charge in [0.2, 0.25) is 12.2 Å². The topological polar surface area (TPSA) is 99.8 Å². The molecular formula is C14H20N2O6. The van der Waals surface area contributed by atoms with Gasteiger partial charge in [0.05, 0.1) is 5.56 Å². The Morgan fingerprint density at radius 1 is 1.45 bits per heavy atom. The summed E-state index contributed by atoms with van der Waals surface area (Å²) in [4.78, 5) is 35.2. The molecule has 8 nitrogen and oxygen atoms in total. The molecule has 0 saturated heterocycles. The number of methoxy groups -OCH3 is 1. The molecule has 0 bridgehead atoms. The molecular weight excluding hydrogens is 292 g/mol. The first kappa shape index (κ1) is 16.3. The van der Waals surface area contributed by atoms with Gasteiger partial charge in [-0.2, -0.15) is 0 Å². The van der Waals surface area contributed by atoms with Crippen molar-refractivity contribution in [2.45, 2.75) is 44.9 Å². The van der Waals surface area contributed by atoms with Crippen LogP contribution in [-0.2, 0) is 23.1 Å². The second-order valence-corrected chi connectivity index (χ2v) is 5.43. The predicted molar refractivity (Wildman–Crippen MR) is 77.3 cm³/mol. The number of carboxylic acids is 1. The van der Waals surface area contributed by atoms with Crippen molar-refractivity contribution < 1.29 is 19.4 Å². The third kappa shape index (κ3) is 2.92.